The Morgan fingerprint density at radius 2 is 1.74 bits per heavy atom. The first kappa shape index (κ1) is 17.8. The summed E-state index contributed by atoms with van der Waals surface area (Å²) in [7, 11) is 1.60. The van der Waals surface area contributed by atoms with Crippen molar-refractivity contribution in [3.63, 3.8) is 0 Å². The number of anilines is 2. The predicted molar refractivity (Wildman–Crippen MR) is 105 cm³/mol. The number of carbonyl (C=O) groups excluding carboxylic acids is 1. The van der Waals surface area contributed by atoms with E-state index in [-0.39, 0.29) is 11.7 Å². The van der Waals surface area contributed by atoms with Gasteiger partial charge in [-0.15, -0.1) is 5.10 Å². The first-order chi connectivity index (χ1) is 13.3. The summed E-state index contributed by atoms with van der Waals surface area (Å²) in [5, 5.41) is 7.50. The van der Waals surface area contributed by atoms with Crippen molar-refractivity contribution in [3.05, 3.63) is 65.5 Å². The van der Waals surface area contributed by atoms with Crippen LogP contribution in [0.4, 0.5) is 11.4 Å². The summed E-state index contributed by atoms with van der Waals surface area (Å²) in [5.41, 5.74) is 4.30. The molecule has 0 saturated heterocycles. The lowest BCUT2D eigenvalue weighted by molar-refractivity contribution is -0.115. The van der Waals surface area contributed by atoms with Crippen molar-refractivity contribution in [2.75, 3.05) is 17.8 Å². The Hall–Kier alpha value is -2.64. The second kappa shape index (κ2) is 7.94. The molecule has 1 aromatic heterocycles. The molecule has 4 rings (SSSR count). The number of aromatic nitrogens is 3. The molecule has 27 heavy (non-hydrogen) atoms. The normalized spacial score (nSPS) is 13.0. The quantitative estimate of drug-likeness (QED) is 0.686. The number of hydrogen-bond acceptors (Lipinski definition) is 5. The third kappa shape index (κ3) is 3.74. The minimum absolute atomic E-state index is 0.0138. The van der Waals surface area contributed by atoms with Crippen molar-refractivity contribution in [2.45, 2.75) is 24.6 Å². The molecule has 1 aliphatic heterocycles. The van der Waals surface area contributed by atoms with Gasteiger partial charge in [-0.25, -0.2) is 4.98 Å². The van der Waals surface area contributed by atoms with Crippen molar-refractivity contribution in [3.8, 4) is 0 Å². The summed E-state index contributed by atoms with van der Waals surface area (Å²) in [6.45, 7) is 0.369. The maximum absolute atomic E-state index is 13.2. The molecular weight excluding hydrogens is 360 g/mol. The van der Waals surface area contributed by atoms with Crippen LogP contribution in [0.5, 0.6) is 0 Å². The maximum Gasteiger partial charge on any atom is 0.242 e. The Balaban J connectivity index is 1.60. The van der Waals surface area contributed by atoms with Crippen LogP contribution < -0.4 is 4.90 Å². The molecule has 0 fully saturated rings. The van der Waals surface area contributed by atoms with Crippen LogP contribution in [0, 0.1) is 0 Å². The number of nitrogens with one attached hydrogen (secondary N) is 1. The van der Waals surface area contributed by atoms with Crippen molar-refractivity contribution >= 4 is 29.0 Å². The van der Waals surface area contributed by atoms with E-state index in [1.807, 2.05) is 41.3 Å². The highest BCUT2D eigenvalue weighted by Gasteiger charge is 2.25. The van der Waals surface area contributed by atoms with E-state index in [4.69, 9.17) is 4.74 Å². The van der Waals surface area contributed by atoms with Gasteiger partial charge >= 0.3 is 0 Å². The van der Waals surface area contributed by atoms with Crippen LogP contribution in [-0.4, -0.2) is 34.0 Å². The van der Waals surface area contributed by atoms with Crippen molar-refractivity contribution in [2.24, 2.45) is 0 Å². The van der Waals surface area contributed by atoms with E-state index in [2.05, 4.69) is 27.3 Å². The molecule has 3 aromatic rings. The molecule has 0 radical (unpaired) electrons. The summed E-state index contributed by atoms with van der Waals surface area (Å²) in [6, 6.07) is 16.2. The zero-order chi connectivity index (χ0) is 18.6. The standard InChI is InChI=1S/C20H20N4O2S/c1-26-12-18-21-20(23-22-18)27-13-19(25)24-16-8-4-2-6-14(16)10-11-15-7-3-5-9-17(15)24/h2-9H,10-13H2,1H3,(H,21,22,23). The Kier molecular flexibility index (Phi) is 5.22. The van der Waals surface area contributed by atoms with Crippen LogP contribution in [0.25, 0.3) is 0 Å². The number of aryl methyl sites for hydroxylation is 2. The lowest BCUT2D eigenvalue weighted by Crippen LogP contribution is -2.28. The van der Waals surface area contributed by atoms with Crippen LogP contribution >= 0.6 is 11.8 Å². The molecular formula is C20H20N4O2S. The highest BCUT2D eigenvalue weighted by molar-refractivity contribution is 7.99. The van der Waals surface area contributed by atoms with E-state index in [9.17, 15) is 4.79 Å². The number of hydrogen-bond donors (Lipinski definition) is 1. The van der Waals surface area contributed by atoms with E-state index in [0.29, 0.717) is 17.6 Å². The van der Waals surface area contributed by atoms with E-state index in [1.165, 1.54) is 22.9 Å². The van der Waals surface area contributed by atoms with Crippen LogP contribution in [0.2, 0.25) is 0 Å². The molecule has 6 nitrogen and oxygen atoms in total. The van der Waals surface area contributed by atoms with Gasteiger partial charge in [-0.3, -0.25) is 14.8 Å². The Morgan fingerprint density at radius 3 is 2.37 bits per heavy atom. The number of para-hydroxylation sites is 2. The highest BCUT2D eigenvalue weighted by atomic mass is 32.2. The maximum atomic E-state index is 13.2. The van der Waals surface area contributed by atoms with Crippen molar-refractivity contribution < 1.29 is 9.53 Å². The fourth-order valence-corrected chi connectivity index (χ4v) is 3.95. The van der Waals surface area contributed by atoms with Gasteiger partial charge in [-0.2, -0.15) is 0 Å². The molecule has 2 aromatic carbocycles. The molecule has 1 N–H and O–H groups in total. The second-order valence-electron chi connectivity index (χ2n) is 6.27. The summed E-state index contributed by atoms with van der Waals surface area (Å²) in [5.74, 6) is 0.922. The zero-order valence-corrected chi connectivity index (χ0v) is 15.8. The SMILES string of the molecule is COCc1nc(SCC(=O)N2c3ccccc3CCc3ccccc32)n[nH]1. The average Bonchev–Trinajstić information content (AvgIpc) is 3.07. The third-order valence-corrected chi connectivity index (χ3v) is 5.33. The first-order valence-electron chi connectivity index (χ1n) is 8.78. The molecule has 0 saturated carbocycles. The molecule has 7 heteroatoms. The fourth-order valence-electron chi connectivity index (χ4n) is 3.28. The minimum atomic E-state index is 0.0138. The lowest BCUT2D eigenvalue weighted by atomic mass is 10.0. The lowest BCUT2D eigenvalue weighted by Gasteiger charge is -2.24. The summed E-state index contributed by atoms with van der Waals surface area (Å²) >= 11 is 1.32. The summed E-state index contributed by atoms with van der Waals surface area (Å²) in [6.07, 6.45) is 1.84. The van der Waals surface area contributed by atoms with Gasteiger partial charge in [0.2, 0.25) is 11.1 Å². The number of methoxy groups -OCH3 is 1. The Bertz CT molecular complexity index is 909. The minimum Gasteiger partial charge on any atom is -0.377 e. The monoisotopic (exact) mass is 380 g/mol. The molecule has 2 heterocycles. The van der Waals surface area contributed by atoms with Crippen molar-refractivity contribution in [1.29, 1.82) is 0 Å². The van der Waals surface area contributed by atoms with E-state index < -0.39 is 0 Å². The second-order valence-corrected chi connectivity index (χ2v) is 7.22. The first-order valence-corrected chi connectivity index (χ1v) is 9.76. The van der Waals surface area contributed by atoms with Gasteiger partial charge in [-0.1, -0.05) is 48.2 Å². The van der Waals surface area contributed by atoms with Crippen LogP contribution in [0.15, 0.2) is 53.7 Å². The molecule has 0 atom stereocenters. The van der Waals surface area contributed by atoms with Crippen LogP contribution in [-0.2, 0) is 29.0 Å². The number of rotatable bonds is 5. The number of amides is 1. The van der Waals surface area contributed by atoms with E-state index >= 15 is 0 Å². The fraction of sp³-hybridized carbons (Fsp3) is 0.250. The van der Waals surface area contributed by atoms with E-state index in [0.717, 1.165) is 24.2 Å². The number of ether oxygens (including phenoxy) is 1. The number of fused-ring (bicyclic) bond motifs is 2. The number of thioether (sulfide) groups is 1. The predicted octanol–water partition coefficient (Wildman–Crippen LogP) is 3.51. The molecule has 138 valence electrons. The van der Waals surface area contributed by atoms with Gasteiger partial charge < -0.3 is 4.74 Å². The van der Waals surface area contributed by atoms with Crippen LogP contribution in [0.3, 0.4) is 0 Å². The molecule has 0 bridgehead atoms. The number of H-pyrrole nitrogens is 1. The number of aromatic amines is 1. The Labute approximate surface area is 162 Å². The van der Waals surface area contributed by atoms with Gasteiger partial charge in [0.15, 0.2) is 5.82 Å². The molecule has 1 aliphatic rings. The molecule has 1 amide bonds. The van der Waals surface area contributed by atoms with Crippen LogP contribution in [0.1, 0.15) is 17.0 Å². The van der Waals surface area contributed by atoms with Gasteiger partial charge in [-0.05, 0) is 36.1 Å². The number of nitrogens with zero attached hydrogens (tertiary/aromatic N) is 3. The largest absolute Gasteiger partial charge is 0.377 e. The van der Waals surface area contributed by atoms with E-state index in [1.54, 1.807) is 7.11 Å². The van der Waals surface area contributed by atoms with Gasteiger partial charge in [0, 0.05) is 7.11 Å². The topological polar surface area (TPSA) is 71.1 Å². The Morgan fingerprint density at radius 1 is 1.11 bits per heavy atom. The van der Waals surface area contributed by atoms with Gasteiger partial charge in [0.1, 0.15) is 6.61 Å². The molecule has 0 spiro atoms. The third-order valence-electron chi connectivity index (χ3n) is 4.50. The summed E-state index contributed by atoms with van der Waals surface area (Å²) in [4.78, 5) is 19.4. The van der Waals surface area contributed by atoms with Crippen molar-refractivity contribution in [1.82, 2.24) is 15.2 Å². The van der Waals surface area contributed by atoms with Gasteiger partial charge in [0.25, 0.3) is 0 Å². The highest BCUT2D eigenvalue weighted by Crippen LogP contribution is 2.36. The molecule has 0 unspecified atom stereocenters. The smallest absolute Gasteiger partial charge is 0.242 e. The zero-order valence-electron chi connectivity index (χ0n) is 15.0. The number of carbonyl (C=O) groups is 1. The number of benzene rings is 2. The molecule has 0 aliphatic carbocycles. The van der Waals surface area contributed by atoms with Gasteiger partial charge in [0.05, 0.1) is 17.1 Å². The summed E-state index contributed by atoms with van der Waals surface area (Å²) < 4.78 is 5.04. The average molecular weight is 380 g/mol.